The lowest BCUT2D eigenvalue weighted by molar-refractivity contribution is 0.0527. The minimum atomic E-state index is -0.468. The maximum atomic E-state index is 11.7. The Morgan fingerprint density at radius 3 is 2.65 bits per heavy atom. The molecule has 1 aromatic heterocycles. The maximum absolute atomic E-state index is 11.7. The van der Waals surface area contributed by atoms with Crippen molar-refractivity contribution in [3.8, 4) is 17.0 Å². The van der Waals surface area contributed by atoms with E-state index in [1.54, 1.807) is 26.2 Å². The lowest BCUT2D eigenvalue weighted by Gasteiger charge is -2.10. The van der Waals surface area contributed by atoms with Gasteiger partial charge in [-0.15, -0.1) is 0 Å². The Labute approximate surface area is 117 Å². The molecule has 20 heavy (non-hydrogen) atoms. The van der Waals surface area contributed by atoms with E-state index < -0.39 is 5.97 Å². The summed E-state index contributed by atoms with van der Waals surface area (Å²) in [6.07, 6.45) is 0. The summed E-state index contributed by atoms with van der Waals surface area (Å²) in [6.45, 7) is 2.04. The molecular formula is C15H16N2O3. The summed E-state index contributed by atoms with van der Waals surface area (Å²) >= 11 is 0. The number of nitrogen functional groups attached to an aromatic ring is 1. The van der Waals surface area contributed by atoms with Crippen molar-refractivity contribution in [1.29, 1.82) is 0 Å². The number of ether oxygens (including phenoxy) is 2. The van der Waals surface area contributed by atoms with Crippen LogP contribution in [0.1, 0.15) is 17.3 Å². The van der Waals surface area contributed by atoms with E-state index in [1.165, 1.54) is 0 Å². The van der Waals surface area contributed by atoms with Crippen LogP contribution in [0.4, 0.5) is 5.82 Å². The van der Waals surface area contributed by atoms with Gasteiger partial charge in [0, 0.05) is 5.56 Å². The molecular weight excluding hydrogens is 256 g/mol. The number of methoxy groups -OCH3 is 1. The fraction of sp³-hybridized carbons (Fsp3) is 0.200. The number of nitrogens with two attached hydrogens (primary N) is 1. The summed E-state index contributed by atoms with van der Waals surface area (Å²) in [5.41, 5.74) is 7.56. The molecule has 5 nitrogen and oxygen atoms in total. The molecule has 1 aromatic carbocycles. The van der Waals surface area contributed by atoms with Gasteiger partial charge in [-0.25, -0.2) is 9.78 Å². The molecule has 5 heteroatoms. The van der Waals surface area contributed by atoms with Crippen LogP contribution in [0.5, 0.6) is 5.75 Å². The molecule has 0 aliphatic heterocycles. The molecule has 0 saturated carbocycles. The molecule has 104 valence electrons. The van der Waals surface area contributed by atoms with Gasteiger partial charge in [-0.05, 0) is 31.2 Å². The molecule has 0 amide bonds. The third kappa shape index (κ3) is 2.71. The zero-order valence-electron chi connectivity index (χ0n) is 11.4. The van der Waals surface area contributed by atoms with Crippen molar-refractivity contribution in [3.05, 3.63) is 42.0 Å². The molecule has 0 saturated heterocycles. The number of esters is 1. The minimum absolute atomic E-state index is 0.145. The van der Waals surface area contributed by atoms with Crippen molar-refractivity contribution in [2.24, 2.45) is 0 Å². The Kier molecular flexibility index (Phi) is 4.20. The summed E-state index contributed by atoms with van der Waals surface area (Å²) in [7, 11) is 1.59. The lowest BCUT2D eigenvalue weighted by Crippen LogP contribution is -2.09. The smallest absolute Gasteiger partial charge is 0.341 e. The van der Waals surface area contributed by atoms with Crippen molar-refractivity contribution in [2.75, 3.05) is 19.5 Å². The van der Waals surface area contributed by atoms with Gasteiger partial charge in [-0.3, -0.25) is 0 Å². The molecule has 2 aromatic rings. The topological polar surface area (TPSA) is 74.4 Å². The SMILES string of the molecule is CCOC(=O)c1ccc(-c2ccccc2OC)nc1N. The third-order valence-corrected chi connectivity index (χ3v) is 2.80. The molecule has 0 spiro atoms. The number of carbonyl (C=O) groups excluding carboxylic acids is 1. The molecule has 0 aliphatic rings. The van der Waals surface area contributed by atoms with E-state index in [9.17, 15) is 4.79 Å². The van der Waals surface area contributed by atoms with Crippen LogP contribution in [0, 0.1) is 0 Å². The highest BCUT2D eigenvalue weighted by molar-refractivity contribution is 5.94. The Balaban J connectivity index is 2.41. The summed E-state index contributed by atoms with van der Waals surface area (Å²) in [5, 5.41) is 0. The molecule has 2 rings (SSSR count). The van der Waals surface area contributed by atoms with Gasteiger partial charge in [0.25, 0.3) is 0 Å². The first-order valence-corrected chi connectivity index (χ1v) is 6.24. The van der Waals surface area contributed by atoms with E-state index >= 15 is 0 Å². The van der Waals surface area contributed by atoms with Gasteiger partial charge < -0.3 is 15.2 Å². The molecule has 0 atom stereocenters. The Morgan fingerprint density at radius 1 is 1.25 bits per heavy atom. The quantitative estimate of drug-likeness (QED) is 0.866. The average molecular weight is 272 g/mol. The van der Waals surface area contributed by atoms with Crippen LogP contribution in [0.3, 0.4) is 0 Å². The highest BCUT2D eigenvalue weighted by Gasteiger charge is 2.14. The minimum Gasteiger partial charge on any atom is -0.496 e. The molecule has 0 unspecified atom stereocenters. The first-order chi connectivity index (χ1) is 9.67. The number of aromatic nitrogens is 1. The van der Waals surface area contributed by atoms with E-state index in [2.05, 4.69) is 4.98 Å². The van der Waals surface area contributed by atoms with Crippen LogP contribution in [0.15, 0.2) is 36.4 Å². The van der Waals surface area contributed by atoms with E-state index in [0.29, 0.717) is 18.1 Å². The van der Waals surface area contributed by atoms with Gasteiger partial charge in [0.2, 0.25) is 0 Å². The Morgan fingerprint density at radius 2 is 2.00 bits per heavy atom. The Bertz CT molecular complexity index is 626. The van der Waals surface area contributed by atoms with Crippen molar-refractivity contribution >= 4 is 11.8 Å². The second kappa shape index (κ2) is 6.06. The first-order valence-electron chi connectivity index (χ1n) is 6.24. The van der Waals surface area contributed by atoms with Crippen molar-refractivity contribution in [3.63, 3.8) is 0 Å². The van der Waals surface area contributed by atoms with Crippen LogP contribution >= 0.6 is 0 Å². The van der Waals surface area contributed by atoms with Crippen LogP contribution in [0.2, 0.25) is 0 Å². The number of pyridine rings is 1. The zero-order chi connectivity index (χ0) is 14.5. The highest BCUT2D eigenvalue weighted by atomic mass is 16.5. The molecule has 0 radical (unpaired) electrons. The van der Waals surface area contributed by atoms with Gasteiger partial charge in [0.15, 0.2) is 0 Å². The van der Waals surface area contributed by atoms with E-state index in [-0.39, 0.29) is 11.4 Å². The van der Waals surface area contributed by atoms with Gasteiger partial charge in [0.1, 0.15) is 17.1 Å². The predicted molar refractivity (Wildman–Crippen MR) is 76.6 cm³/mol. The third-order valence-electron chi connectivity index (χ3n) is 2.80. The summed E-state index contributed by atoms with van der Waals surface area (Å²) < 4.78 is 10.2. The van der Waals surface area contributed by atoms with Crippen LogP contribution in [-0.2, 0) is 4.74 Å². The number of benzene rings is 1. The molecule has 0 aliphatic carbocycles. The van der Waals surface area contributed by atoms with Gasteiger partial charge in [-0.2, -0.15) is 0 Å². The number of para-hydroxylation sites is 1. The monoisotopic (exact) mass is 272 g/mol. The van der Waals surface area contributed by atoms with Crippen molar-refractivity contribution in [2.45, 2.75) is 6.92 Å². The first kappa shape index (κ1) is 13.9. The number of hydrogen-bond acceptors (Lipinski definition) is 5. The zero-order valence-corrected chi connectivity index (χ0v) is 11.4. The van der Waals surface area contributed by atoms with Crippen LogP contribution in [0.25, 0.3) is 11.3 Å². The summed E-state index contributed by atoms with van der Waals surface area (Å²) in [6, 6.07) is 10.8. The number of rotatable bonds is 4. The molecule has 1 heterocycles. The van der Waals surface area contributed by atoms with Gasteiger partial charge in [-0.1, -0.05) is 12.1 Å². The largest absolute Gasteiger partial charge is 0.496 e. The summed E-state index contributed by atoms with van der Waals surface area (Å²) in [5.74, 6) is 0.374. The fourth-order valence-corrected chi connectivity index (χ4v) is 1.86. The predicted octanol–water partition coefficient (Wildman–Crippen LogP) is 2.52. The average Bonchev–Trinajstić information content (AvgIpc) is 2.47. The molecule has 0 bridgehead atoms. The van der Waals surface area contributed by atoms with Crippen molar-refractivity contribution < 1.29 is 14.3 Å². The standard InChI is InChI=1S/C15H16N2O3/c1-3-20-15(18)11-8-9-12(17-14(11)16)10-6-4-5-7-13(10)19-2/h4-9H,3H2,1-2H3,(H2,16,17). The second-order valence-corrected chi connectivity index (χ2v) is 4.05. The van der Waals surface area contributed by atoms with E-state index in [1.807, 2.05) is 24.3 Å². The number of nitrogens with zero attached hydrogens (tertiary/aromatic N) is 1. The highest BCUT2D eigenvalue weighted by Crippen LogP contribution is 2.29. The molecule has 0 fully saturated rings. The normalized spacial score (nSPS) is 10.1. The van der Waals surface area contributed by atoms with Crippen LogP contribution < -0.4 is 10.5 Å². The number of carbonyl (C=O) groups is 1. The van der Waals surface area contributed by atoms with Gasteiger partial charge in [0.05, 0.1) is 19.4 Å². The fourth-order valence-electron chi connectivity index (χ4n) is 1.86. The van der Waals surface area contributed by atoms with E-state index in [4.69, 9.17) is 15.2 Å². The Hall–Kier alpha value is -2.56. The summed E-state index contributed by atoms with van der Waals surface area (Å²) in [4.78, 5) is 15.9. The van der Waals surface area contributed by atoms with Crippen LogP contribution in [-0.4, -0.2) is 24.7 Å². The van der Waals surface area contributed by atoms with E-state index in [0.717, 1.165) is 5.56 Å². The number of anilines is 1. The molecule has 2 N–H and O–H groups in total. The second-order valence-electron chi connectivity index (χ2n) is 4.05. The number of hydrogen-bond donors (Lipinski definition) is 1. The van der Waals surface area contributed by atoms with Gasteiger partial charge >= 0.3 is 5.97 Å². The lowest BCUT2D eigenvalue weighted by atomic mass is 10.1. The maximum Gasteiger partial charge on any atom is 0.341 e. The van der Waals surface area contributed by atoms with Crippen molar-refractivity contribution in [1.82, 2.24) is 4.98 Å².